The Kier molecular flexibility index (Phi) is 4.06. The van der Waals surface area contributed by atoms with Crippen molar-refractivity contribution < 1.29 is 4.74 Å². The number of halogens is 1. The highest BCUT2D eigenvalue weighted by Gasteiger charge is 1.99. The van der Waals surface area contributed by atoms with Gasteiger partial charge in [0, 0.05) is 16.7 Å². The molecule has 4 heteroatoms. The number of fused-ring (bicyclic) bond motifs is 1. The van der Waals surface area contributed by atoms with Crippen LogP contribution in [0, 0.1) is 0 Å². The molecule has 0 saturated heterocycles. The predicted octanol–water partition coefficient (Wildman–Crippen LogP) is 3.84. The van der Waals surface area contributed by atoms with Crippen LogP contribution in [-0.2, 0) is 6.54 Å². The fourth-order valence-electron chi connectivity index (χ4n) is 2.19. The van der Waals surface area contributed by atoms with Crippen molar-refractivity contribution in [3.05, 3.63) is 75.6 Å². The van der Waals surface area contributed by atoms with Crippen molar-refractivity contribution in [2.45, 2.75) is 6.54 Å². The van der Waals surface area contributed by atoms with E-state index in [0.29, 0.717) is 13.2 Å². The number of hydrogen-bond donors (Lipinski definition) is 0. The summed E-state index contributed by atoms with van der Waals surface area (Å²) in [5.74, 6) is 0.814. The highest BCUT2D eigenvalue weighted by Crippen LogP contribution is 2.24. The second-order valence-corrected chi connectivity index (χ2v) is 5.65. The molecule has 1 aromatic heterocycles. The number of rotatable bonds is 4. The van der Waals surface area contributed by atoms with Gasteiger partial charge in [0.05, 0.1) is 6.54 Å². The molecule has 1 heterocycles. The first-order valence-electron chi connectivity index (χ1n) is 6.70. The summed E-state index contributed by atoms with van der Waals surface area (Å²) < 4.78 is 8.43. The average molecular weight is 344 g/mol. The van der Waals surface area contributed by atoms with Crippen molar-refractivity contribution in [3.63, 3.8) is 0 Å². The minimum Gasteiger partial charge on any atom is -0.492 e. The zero-order valence-corrected chi connectivity index (χ0v) is 12.9. The molecule has 0 N–H and O–H groups in total. The molecule has 0 radical (unpaired) electrons. The van der Waals surface area contributed by atoms with E-state index >= 15 is 0 Å². The summed E-state index contributed by atoms with van der Waals surface area (Å²) in [7, 11) is 0. The van der Waals surface area contributed by atoms with Gasteiger partial charge in [-0.15, -0.1) is 0 Å². The van der Waals surface area contributed by atoms with Crippen LogP contribution in [0.15, 0.2) is 70.1 Å². The van der Waals surface area contributed by atoms with Gasteiger partial charge in [-0.3, -0.25) is 4.79 Å². The first kappa shape index (κ1) is 13.9. The maximum absolute atomic E-state index is 11.6. The van der Waals surface area contributed by atoms with Crippen molar-refractivity contribution >= 4 is 26.7 Å². The molecule has 0 unspecified atom stereocenters. The number of aromatic nitrogens is 1. The lowest BCUT2D eigenvalue weighted by Gasteiger charge is -2.09. The molecule has 0 atom stereocenters. The van der Waals surface area contributed by atoms with Crippen molar-refractivity contribution in [1.82, 2.24) is 4.57 Å². The van der Waals surface area contributed by atoms with Crippen LogP contribution in [0.4, 0.5) is 0 Å². The van der Waals surface area contributed by atoms with E-state index in [-0.39, 0.29) is 5.56 Å². The van der Waals surface area contributed by atoms with Gasteiger partial charge in [0.15, 0.2) is 0 Å². The molecule has 0 bridgehead atoms. The molecule has 2 aromatic carbocycles. The standard InChI is InChI=1S/C17H14BrNO2/c18-15-6-4-14-12-16(7-5-13(14)11-15)21-10-9-19-8-2-1-3-17(19)20/h1-8,11-12H,9-10H2. The summed E-state index contributed by atoms with van der Waals surface area (Å²) in [6, 6.07) is 17.2. The Bertz CT molecular complexity index is 826. The fourth-order valence-corrected chi connectivity index (χ4v) is 2.57. The molecule has 0 amide bonds. The molecule has 3 aromatic rings. The van der Waals surface area contributed by atoms with E-state index in [9.17, 15) is 4.79 Å². The van der Waals surface area contributed by atoms with Crippen LogP contribution in [-0.4, -0.2) is 11.2 Å². The molecule has 0 aliphatic heterocycles. The third kappa shape index (κ3) is 3.34. The van der Waals surface area contributed by atoms with Gasteiger partial charge in [0.25, 0.3) is 5.56 Å². The van der Waals surface area contributed by atoms with E-state index in [1.54, 1.807) is 22.9 Å². The second kappa shape index (κ2) is 6.14. The zero-order chi connectivity index (χ0) is 14.7. The molecule has 0 saturated carbocycles. The quantitative estimate of drug-likeness (QED) is 0.720. The van der Waals surface area contributed by atoms with E-state index in [1.807, 2.05) is 36.4 Å². The van der Waals surface area contributed by atoms with Gasteiger partial charge in [0.2, 0.25) is 0 Å². The summed E-state index contributed by atoms with van der Waals surface area (Å²) in [4.78, 5) is 11.6. The zero-order valence-electron chi connectivity index (χ0n) is 11.3. The number of ether oxygens (including phenoxy) is 1. The third-order valence-corrected chi connectivity index (χ3v) is 3.77. The average Bonchev–Trinajstić information content (AvgIpc) is 2.49. The van der Waals surface area contributed by atoms with E-state index < -0.39 is 0 Å². The Hall–Kier alpha value is -2.07. The first-order chi connectivity index (χ1) is 10.2. The van der Waals surface area contributed by atoms with Gasteiger partial charge in [0.1, 0.15) is 12.4 Å². The van der Waals surface area contributed by atoms with E-state index in [4.69, 9.17) is 4.74 Å². The highest BCUT2D eigenvalue weighted by atomic mass is 79.9. The summed E-state index contributed by atoms with van der Waals surface area (Å²) in [6.45, 7) is 1.00. The Balaban J connectivity index is 1.69. The van der Waals surface area contributed by atoms with Crippen molar-refractivity contribution in [1.29, 1.82) is 0 Å². The molecule has 0 spiro atoms. The predicted molar refractivity (Wildman–Crippen MR) is 87.8 cm³/mol. The second-order valence-electron chi connectivity index (χ2n) is 4.73. The number of nitrogens with zero attached hydrogens (tertiary/aromatic N) is 1. The first-order valence-corrected chi connectivity index (χ1v) is 7.49. The Morgan fingerprint density at radius 3 is 2.67 bits per heavy atom. The lowest BCUT2D eigenvalue weighted by molar-refractivity contribution is 0.297. The molecule has 3 nitrogen and oxygen atoms in total. The summed E-state index contributed by atoms with van der Waals surface area (Å²) >= 11 is 3.46. The highest BCUT2D eigenvalue weighted by molar-refractivity contribution is 9.10. The SMILES string of the molecule is O=c1ccccn1CCOc1ccc2cc(Br)ccc2c1. The topological polar surface area (TPSA) is 31.2 Å². The van der Waals surface area contributed by atoms with E-state index in [2.05, 4.69) is 22.0 Å². The van der Waals surface area contributed by atoms with Gasteiger partial charge in [-0.25, -0.2) is 0 Å². The monoisotopic (exact) mass is 343 g/mol. The molecule has 0 fully saturated rings. The van der Waals surface area contributed by atoms with E-state index in [0.717, 1.165) is 21.0 Å². The number of benzene rings is 2. The van der Waals surface area contributed by atoms with Crippen molar-refractivity contribution in [2.75, 3.05) is 6.61 Å². The van der Waals surface area contributed by atoms with Crippen LogP contribution in [0.3, 0.4) is 0 Å². The lowest BCUT2D eigenvalue weighted by Crippen LogP contribution is -2.21. The smallest absolute Gasteiger partial charge is 0.250 e. The molecular formula is C17H14BrNO2. The van der Waals surface area contributed by atoms with Gasteiger partial charge >= 0.3 is 0 Å². The van der Waals surface area contributed by atoms with E-state index in [1.165, 1.54) is 0 Å². The lowest BCUT2D eigenvalue weighted by atomic mass is 10.1. The number of pyridine rings is 1. The maximum atomic E-state index is 11.6. The van der Waals surface area contributed by atoms with Gasteiger partial charge in [-0.1, -0.05) is 34.1 Å². The minimum atomic E-state index is -0.00976. The van der Waals surface area contributed by atoms with Gasteiger partial charge < -0.3 is 9.30 Å². The van der Waals surface area contributed by atoms with Crippen molar-refractivity contribution in [3.8, 4) is 5.75 Å². The van der Waals surface area contributed by atoms with Crippen LogP contribution < -0.4 is 10.3 Å². The Morgan fingerprint density at radius 2 is 1.81 bits per heavy atom. The normalized spacial score (nSPS) is 10.7. The Labute approximate surface area is 130 Å². The van der Waals surface area contributed by atoms with Crippen LogP contribution in [0.1, 0.15) is 0 Å². The van der Waals surface area contributed by atoms with Crippen LogP contribution in [0.25, 0.3) is 10.8 Å². The molecular weight excluding hydrogens is 330 g/mol. The molecule has 106 valence electrons. The van der Waals surface area contributed by atoms with Crippen LogP contribution in [0.5, 0.6) is 5.75 Å². The fraction of sp³-hybridized carbons (Fsp3) is 0.118. The minimum absolute atomic E-state index is 0.00976. The van der Waals surface area contributed by atoms with Gasteiger partial charge in [-0.05, 0) is 41.1 Å². The summed E-state index contributed by atoms with van der Waals surface area (Å²) in [5.41, 5.74) is -0.00976. The third-order valence-electron chi connectivity index (χ3n) is 3.27. The van der Waals surface area contributed by atoms with Gasteiger partial charge in [-0.2, -0.15) is 0 Å². The number of hydrogen-bond acceptors (Lipinski definition) is 2. The van der Waals surface area contributed by atoms with Crippen molar-refractivity contribution in [2.24, 2.45) is 0 Å². The summed E-state index contributed by atoms with van der Waals surface area (Å²) in [5, 5.41) is 2.29. The Morgan fingerprint density at radius 1 is 1.00 bits per heavy atom. The molecule has 0 aliphatic rings. The largest absolute Gasteiger partial charge is 0.492 e. The molecule has 0 aliphatic carbocycles. The van der Waals surface area contributed by atoms with Crippen LogP contribution >= 0.6 is 15.9 Å². The summed E-state index contributed by atoms with van der Waals surface area (Å²) in [6.07, 6.45) is 1.77. The molecule has 21 heavy (non-hydrogen) atoms. The maximum Gasteiger partial charge on any atom is 0.250 e. The molecule has 3 rings (SSSR count). The van der Waals surface area contributed by atoms with Crippen LogP contribution in [0.2, 0.25) is 0 Å².